The maximum Gasteiger partial charge on any atom is 0.310 e. The number of hydrogen-bond acceptors (Lipinski definition) is 6. The van der Waals surface area contributed by atoms with Crippen molar-refractivity contribution in [1.82, 2.24) is 9.88 Å². The number of carbonyl (C=O) groups is 2. The number of amides is 1. The lowest BCUT2D eigenvalue weighted by atomic mass is 10.1. The summed E-state index contributed by atoms with van der Waals surface area (Å²) in [4.78, 5) is 30.5. The molecule has 1 amide bonds. The zero-order valence-electron chi connectivity index (χ0n) is 13.9. The molecule has 2 aromatic heterocycles. The van der Waals surface area contributed by atoms with E-state index in [4.69, 9.17) is 4.42 Å². The highest BCUT2D eigenvalue weighted by molar-refractivity contribution is 7.17. The molecule has 0 N–H and O–H groups in total. The molecule has 0 spiro atoms. The van der Waals surface area contributed by atoms with E-state index in [-0.39, 0.29) is 24.3 Å². The van der Waals surface area contributed by atoms with Gasteiger partial charge >= 0.3 is 5.97 Å². The largest absolute Gasteiger partial charge is 0.469 e. The van der Waals surface area contributed by atoms with Crippen LogP contribution in [-0.4, -0.2) is 42.5 Å². The van der Waals surface area contributed by atoms with Crippen LogP contribution in [0, 0.1) is 19.8 Å². The number of carbonyl (C=O) groups excluding carboxylic acids is 2. The summed E-state index contributed by atoms with van der Waals surface area (Å²) >= 11 is 1.29. The lowest BCUT2D eigenvalue weighted by molar-refractivity contribution is -0.145. The summed E-state index contributed by atoms with van der Waals surface area (Å²) in [6.07, 6.45) is 0. The molecule has 0 saturated heterocycles. The van der Waals surface area contributed by atoms with Crippen molar-refractivity contribution in [3.63, 3.8) is 0 Å². The van der Waals surface area contributed by atoms with Crippen molar-refractivity contribution in [2.75, 3.05) is 20.7 Å². The number of thiazole rings is 1. The van der Waals surface area contributed by atoms with Crippen molar-refractivity contribution in [2.45, 2.75) is 20.8 Å². The molecular formula is C16H20N2O4S. The quantitative estimate of drug-likeness (QED) is 0.785. The van der Waals surface area contributed by atoms with Crippen LogP contribution >= 0.6 is 11.3 Å². The van der Waals surface area contributed by atoms with Gasteiger partial charge in [0.2, 0.25) is 0 Å². The van der Waals surface area contributed by atoms with Gasteiger partial charge in [-0.15, -0.1) is 11.3 Å². The number of aromatic nitrogens is 1. The molecular weight excluding hydrogens is 316 g/mol. The van der Waals surface area contributed by atoms with Crippen LogP contribution in [0.1, 0.15) is 28.0 Å². The van der Waals surface area contributed by atoms with E-state index < -0.39 is 0 Å². The lowest BCUT2D eigenvalue weighted by Crippen LogP contribution is -2.34. The predicted octanol–water partition coefficient (Wildman–Crippen LogP) is 2.90. The fourth-order valence-electron chi connectivity index (χ4n) is 2.19. The molecule has 0 radical (unpaired) electrons. The molecule has 23 heavy (non-hydrogen) atoms. The summed E-state index contributed by atoms with van der Waals surface area (Å²) in [6, 6.07) is 3.70. The van der Waals surface area contributed by atoms with E-state index in [9.17, 15) is 9.59 Å². The Morgan fingerprint density at radius 3 is 2.65 bits per heavy atom. The first-order valence-electron chi connectivity index (χ1n) is 7.21. The van der Waals surface area contributed by atoms with Crippen molar-refractivity contribution in [3.8, 4) is 10.8 Å². The summed E-state index contributed by atoms with van der Waals surface area (Å²) in [5.74, 6) is 0.571. The monoisotopic (exact) mass is 336 g/mol. The van der Waals surface area contributed by atoms with Gasteiger partial charge in [0.1, 0.15) is 10.6 Å². The molecule has 0 bridgehead atoms. The molecule has 0 aliphatic rings. The van der Waals surface area contributed by atoms with Gasteiger partial charge in [-0.05, 0) is 26.0 Å². The molecule has 1 atom stereocenters. The Labute approximate surface area is 139 Å². The second-order valence-corrected chi connectivity index (χ2v) is 6.45. The summed E-state index contributed by atoms with van der Waals surface area (Å²) in [5.41, 5.74) is 0.654. The molecule has 0 aliphatic heterocycles. The van der Waals surface area contributed by atoms with Crippen molar-refractivity contribution in [2.24, 2.45) is 5.92 Å². The molecule has 2 aromatic rings. The minimum absolute atomic E-state index is 0.162. The third-order valence-electron chi connectivity index (χ3n) is 3.44. The molecule has 2 heterocycles. The second kappa shape index (κ2) is 6.95. The molecule has 0 fully saturated rings. The van der Waals surface area contributed by atoms with Gasteiger partial charge in [-0.2, -0.15) is 0 Å². The Morgan fingerprint density at radius 1 is 1.39 bits per heavy atom. The number of rotatable bonds is 5. The third kappa shape index (κ3) is 3.79. The predicted molar refractivity (Wildman–Crippen MR) is 87.4 cm³/mol. The molecule has 2 rings (SSSR count). The molecule has 1 unspecified atom stereocenters. The average molecular weight is 336 g/mol. The third-order valence-corrected chi connectivity index (χ3v) is 4.60. The number of furan rings is 1. The van der Waals surface area contributed by atoms with E-state index in [2.05, 4.69) is 9.72 Å². The van der Waals surface area contributed by atoms with Crippen LogP contribution in [0.4, 0.5) is 0 Å². The van der Waals surface area contributed by atoms with Gasteiger partial charge in [-0.25, -0.2) is 4.98 Å². The average Bonchev–Trinajstić information content (AvgIpc) is 3.11. The summed E-state index contributed by atoms with van der Waals surface area (Å²) < 4.78 is 10.2. The lowest BCUT2D eigenvalue weighted by Gasteiger charge is -2.19. The smallest absolute Gasteiger partial charge is 0.310 e. The highest BCUT2D eigenvalue weighted by Crippen LogP contribution is 2.30. The maximum absolute atomic E-state index is 12.6. The first-order valence-corrected chi connectivity index (χ1v) is 8.02. The van der Waals surface area contributed by atoms with E-state index in [0.717, 1.165) is 5.76 Å². The molecule has 124 valence electrons. The topological polar surface area (TPSA) is 72.6 Å². The molecule has 6 nitrogen and oxygen atoms in total. The van der Waals surface area contributed by atoms with Crippen LogP contribution in [0.25, 0.3) is 10.8 Å². The van der Waals surface area contributed by atoms with E-state index in [1.807, 2.05) is 19.1 Å². The molecule has 7 heteroatoms. The van der Waals surface area contributed by atoms with Gasteiger partial charge in [-0.3, -0.25) is 9.59 Å². The maximum atomic E-state index is 12.6. The van der Waals surface area contributed by atoms with E-state index in [0.29, 0.717) is 21.3 Å². The van der Waals surface area contributed by atoms with Gasteiger partial charge in [0.25, 0.3) is 5.91 Å². The van der Waals surface area contributed by atoms with Crippen molar-refractivity contribution in [1.29, 1.82) is 0 Å². The van der Waals surface area contributed by atoms with Crippen LogP contribution in [0.15, 0.2) is 16.5 Å². The fourth-order valence-corrected chi connectivity index (χ4v) is 3.22. The number of aryl methyl sites for hydroxylation is 2. The highest BCUT2D eigenvalue weighted by atomic mass is 32.1. The van der Waals surface area contributed by atoms with Gasteiger partial charge in [0, 0.05) is 13.6 Å². The number of methoxy groups -OCH3 is 1. The number of ether oxygens (including phenoxy) is 1. The Bertz CT molecular complexity index is 719. The molecule has 0 saturated carbocycles. The van der Waals surface area contributed by atoms with Gasteiger partial charge in [0.05, 0.1) is 18.7 Å². The van der Waals surface area contributed by atoms with Gasteiger partial charge in [-0.1, -0.05) is 6.92 Å². The van der Waals surface area contributed by atoms with E-state index in [1.165, 1.54) is 23.3 Å². The van der Waals surface area contributed by atoms with Crippen molar-refractivity contribution >= 4 is 23.2 Å². The second-order valence-electron chi connectivity index (χ2n) is 5.45. The van der Waals surface area contributed by atoms with E-state index in [1.54, 1.807) is 20.9 Å². The fraction of sp³-hybridized carbons (Fsp3) is 0.438. The minimum atomic E-state index is -0.380. The first kappa shape index (κ1) is 17.2. The standard InChI is InChI=1S/C16H20N2O4S/c1-9(16(20)21-5)8-18(4)15(19)13-11(3)17-14(23-13)12-7-6-10(2)22-12/h6-7,9H,8H2,1-5H3. The minimum Gasteiger partial charge on any atom is -0.469 e. The Kier molecular flexibility index (Phi) is 5.20. The van der Waals surface area contributed by atoms with Crippen LogP contribution in [0.5, 0.6) is 0 Å². The Morgan fingerprint density at radius 2 is 2.09 bits per heavy atom. The number of nitrogens with zero attached hydrogens (tertiary/aromatic N) is 2. The Hall–Kier alpha value is -2.15. The van der Waals surface area contributed by atoms with Crippen molar-refractivity contribution < 1.29 is 18.7 Å². The van der Waals surface area contributed by atoms with Gasteiger partial charge in [0.15, 0.2) is 10.8 Å². The van der Waals surface area contributed by atoms with Gasteiger partial charge < -0.3 is 14.1 Å². The summed E-state index contributed by atoms with van der Waals surface area (Å²) in [5, 5.41) is 0.674. The highest BCUT2D eigenvalue weighted by Gasteiger charge is 2.24. The number of esters is 1. The molecule has 0 aliphatic carbocycles. The van der Waals surface area contributed by atoms with Crippen molar-refractivity contribution in [3.05, 3.63) is 28.5 Å². The summed E-state index contributed by atoms with van der Waals surface area (Å²) in [6.45, 7) is 5.67. The van der Waals surface area contributed by atoms with Crippen LogP contribution < -0.4 is 0 Å². The van der Waals surface area contributed by atoms with E-state index >= 15 is 0 Å². The number of hydrogen-bond donors (Lipinski definition) is 0. The zero-order chi connectivity index (χ0) is 17.1. The zero-order valence-corrected chi connectivity index (χ0v) is 14.7. The Balaban J connectivity index is 2.16. The van der Waals surface area contributed by atoms with Crippen LogP contribution in [0.2, 0.25) is 0 Å². The van der Waals surface area contributed by atoms with Crippen LogP contribution in [0.3, 0.4) is 0 Å². The SMILES string of the molecule is COC(=O)C(C)CN(C)C(=O)c1sc(-c2ccc(C)o2)nc1C. The van der Waals surface area contributed by atoms with Crippen LogP contribution in [-0.2, 0) is 9.53 Å². The molecule has 0 aromatic carbocycles. The first-order chi connectivity index (χ1) is 10.8. The normalized spacial score (nSPS) is 12.0. The summed E-state index contributed by atoms with van der Waals surface area (Å²) in [7, 11) is 3.00.